The maximum absolute atomic E-state index is 12.1. The van der Waals surface area contributed by atoms with Gasteiger partial charge in [0.2, 0.25) is 0 Å². The molecule has 118 valence electrons. The number of ether oxygens (including phenoxy) is 1. The number of carbonyl (C=O) groups excluding carboxylic acids is 1. The summed E-state index contributed by atoms with van der Waals surface area (Å²) in [6.45, 7) is 1.89. The summed E-state index contributed by atoms with van der Waals surface area (Å²) in [4.78, 5) is 13.9. The lowest BCUT2D eigenvalue weighted by molar-refractivity contribution is -0.134. The van der Waals surface area contributed by atoms with Crippen LogP contribution >= 0.6 is 35.6 Å². The van der Waals surface area contributed by atoms with E-state index in [-0.39, 0.29) is 31.0 Å². The van der Waals surface area contributed by atoms with Gasteiger partial charge < -0.3 is 15.0 Å². The molecule has 1 aliphatic rings. The van der Waals surface area contributed by atoms with E-state index in [9.17, 15) is 4.79 Å². The van der Waals surface area contributed by atoms with Crippen LogP contribution in [-0.4, -0.2) is 43.6 Å². The zero-order valence-corrected chi connectivity index (χ0v) is 14.1. The first-order chi connectivity index (χ1) is 9.58. The molecule has 21 heavy (non-hydrogen) atoms. The molecule has 0 bridgehead atoms. The van der Waals surface area contributed by atoms with Crippen molar-refractivity contribution in [2.24, 2.45) is 0 Å². The monoisotopic (exact) mass is 352 g/mol. The van der Waals surface area contributed by atoms with E-state index >= 15 is 0 Å². The minimum atomic E-state index is -0.0390. The number of nitrogens with zero attached hydrogens (tertiary/aromatic N) is 1. The molecule has 0 atom stereocenters. The van der Waals surface area contributed by atoms with Crippen LogP contribution in [-0.2, 0) is 4.79 Å². The number of piperidine rings is 1. The van der Waals surface area contributed by atoms with Gasteiger partial charge in [0.1, 0.15) is 5.75 Å². The Bertz CT molecular complexity index is 479. The van der Waals surface area contributed by atoms with Crippen molar-refractivity contribution in [3.8, 4) is 5.75 Å². The molecule has 4 nitrogen and oxygen atoms in total. The van der Waals surface area contributed by atoms with Crippen LogP contribution in [0.15, 0.2) is 18.2 Å². The van der Waals surface area contributed by atoms with Crippen LogP contribution in [0, 0.1) is 0 Å². The third kappa shape index (κ3) is 5.22. The van der Waals surface area contributed by atoms with Crippen LogP contribution in [0.3, 0.4) is 0 Å². The van der Waals surface area contributed by atoms with Crippen molar-refractivity contribution < 1.29 is 9.53 Å². The predicted molar refractivity (Wildman–Crippen MR) is 87.9 cm³/mol. The number of hydrogen-bond donors (Lipinski definition) is 1. The third-order valence-corrected chi connectivity index (χ3v) is 4.03. The number of carbonyl (C=O) groups is 1. The lowest BCUT2D eigenvalue weighted by atomic mass is 10.1. The summed E-state index contributed by atoms with van der Waals surface area (Å²) >= 11 is 11.8. The molecule has 1 fully saturated rings. The second-order valence-electron chi connectivity index (χ2n) is 4.85. The quantitative estimate of drug-likeness (QED) is 0.905. The molecule has 1 amide bonds. The Morgan fingerprint density at radius 1 is 1.38 bits per heavy atom. The minimum Gasteiger partial charge on any atom is -0.482 e. The van der Waals surface area contributed by atoms with Gasteiger partial charge in [-0.05, 0) is 44.1 Å². The van der Waals surface area contributed by atoms with E-state index in [0.29, 0.717) is 15.8 Å². The Kier molecular flexibility index (Phi) is 7.60. The fourth-order valence-electron chi connectivity index (χ4n) is 2.23. The lowest BCUT2D eigenvalue weighted by Crippen LogP contribution is -2.45. The van der Waals surface area contributed by atoms with E-state index in [0.717, 1.165) is 25.9 Å². The Hall–Kier alpha value is -0.680. The van der Waals surface area contributed by atoms with Crippen LogP contribution in [0.5, 0.6) is 5.75 Å². The van der Waals surface area contributed by atoms with Crippen molar-refractivity contribution in [3.05, 3.63) is 28.2 Å². The summed E-state index contributed by atoms with van der Waals surface area (Å²) in [5.41, 5.74) is 0. The van der Waals surface area contributed by atoms with Crippen molar-refractivity contribution in [3.63, 3.8) is 0 Å². The standard InChI is InChI=1S/C14H18Cl2N2O2.ClH/c1-18(11-4-6-17-7-5-11)14(19)9-20-13-3-2-10(15)8-12(13)16;/h2-3,8,11,17H,4-7,9H2,1H3;1H. The van der Waals surface area contributed by atoms with Crippen molar-refractivity contribution in [2.75, 3.05) is 26.7 Å². The van der Waals surface area contributed by atoms with Crippen molar-refractivity contribution in [1.29, 1.82) is 0 Å². The molecular formula is C14H19Cl3N2O2. The summed E-state index contributed by atoms with van der Waals surface area (Å²) < 4.78 is 5.47. The van der Waals surface area contributed by atoms with Crippen LogP contribution in [0.2, 0.25) is 10.0 Å². The third-order valence-electron chi connectivity index (χ3n) is 3.49. The molecule has 7 heteroatoms. The van der Waals surface area contributed by atoms with Gasteiger partial charge in [-0.2, -0.15) is 0 Å². The Morgan fingerprint density at radius 2 is 2.05 bits per heavy atom. The maximum atomic E-state index is 12.1. The van der Waals surface area contributed by atoms with Crippen LogP contribution in [0.1, 0.15) is 12.8 Å². The molecular weight excluding hydrogens is 335 g/mol. The van der Waals surface area contributed by atoms with Crippen LogP contribution in [0.4, 0.5) is 0 Å². The van der Waals surface area contributed by atoms with E-state index in [1.165, 1.54) is 0 Å². The minimum absolute atomic E-state index is 0. The molecule has 2 rings (SSSR count). The highest BCUT2D eigenvalue weighted by atomic mass is 35.5. The topological polar surface area (TPSA) is 41.6 Å². The first kappa shape index (κ1) is 18.4. The Labute approximate surface area is 141 Å². The molecule has 0 aromatic heterocycles. The van der Waals surface area contributed by atoms with Crippen LogP contribution < -0.4 is 10.1 Å². The van der Waals surface area contributed by atoms with Crippen molar-refractivity contribution in [1.82, 2.24) is 10.2 Å². The van der Waals surface area contributed by atoms with Crippen molar-refractivity contribution >= 4 is 41.5 Å². The van der Waals surface area contributed by atoms with Gasteiger partial charge in [0.05, 0.1) is 5.02 Å². The maximum Gasteiger partial charge on any atom is 0.260 e. The number of benzene rings is 1. The molecule has 0 saturated carbocycles. The van der Waals surface area contributed by atoms with Crippen molar-refractivity contribution in [2.45, 2.75) is 18.9 Å². The average Bonchev–Trinajstić information content (AvgIpc) is 2.46. The Morgan fingerprint density at radius 3 is 2.67 bits per heavy atom. The highest BCUT2D eigenvalue weighted by molar-refractivity contribution is 6.35. The van der Waals surface area contributed by atoms with E-state index in [2.05, 4.69) is 5.32 Å². The summed E-state index contributed by atoms with van der Waals surface area (Å²) in [5, 5.41) is 4.23. The van der Waals surface area contributed by atoms with Gasteiger partial charge in [-0.1, -0.05) is 23.2 Å². The zero-order chi connectivity index (χ0) is 14.5. The zero-order valence-electron chi connectivity index (χ0n) is 11.8. The number of hydrogen-bond acceptors (Lipinski definition) is 3. The van der Waals surface area contributed by atoms with Gasteiger partial charge in [-0.25, -0.2) is 0 Å². The van der Waals surface area contributed by atoms with Gasteiger partial charge in [-0.15, -0.1) is 12.4 Å². The molecule has 1 N–H and O–H groups in total. The Balaban J connectivity index is 0.00000220. The normalized spacial score (nSPS) is 15.2. The number of nitrogens with one attached hydrogen (secondary N) is 1. The molecule has 0 aliphatic carbocycles. The van der Waals surface area contributed by atoms with E-state index in [4.69, 9.17) is 27.9 Å². The second-order valence-corrected chi connectivity index (χ2v) is 5.69. The van der Waals surface area contributed by atoms with Gasteiger partial charge in [0.25, 0.3) is 5.91 Å². The molecule has 1 aliphatic heterocycles. The van der Waals surface area contributed by atoms with Gasteiger partial charge in [-0.3, -0.25) is 4.79 Å². The van der Waals surface area contributed by atoms with Gasteiger partial charge in [0, 0.05) is 18.1 Å². The molecule has 1 aromatic carbocycles. The second kappa shape index (κ2) is 8.69. The van der Waals surface area contributed by atoms with E-state index in [1.807, 2.05) is 7.05 Å². The van der Waals surface area contributed by atoms with E-state index in [1.54, 1.807) is 23.1 Å². The smallest absolute Gasteiger partial charge is 0.260 e. The number of likely N-dealkylation sites (N-methyl/N-ethyl adjacent to an activating group) is 1. The molecule has 0 radical (unpaired) electrons. The molecule has 1 saturated heterocycles. The fourth-order valence-corrected chi connectivity index (χ4v) is 2.69. The molecule has 1 aromatic rings. The summed E-state index contributed by atoms with van der Waals surface area (Å²) in [6.07, 6.45) is 1.95. The first-order valence-corrected chi connectivity index (χ1v) is 7.38. The average molecular weight is 354 g/mol. The predicted octanol–water partition coefficient (Wildman–Crippen LogP) is 3.00. The van der Waals surface area contributed by atoms with Gasteiger partial charge in [0.15, 0.2) is 6.61 Å². The summed E-state index contributed by atoms with van der Waals surface area (Å²) in [7, 11) is 1.82. The van der Waals surface area contributed by atoms with Crippen LogP contribution in [0.25, 0.3) is 0 Å². The first-order valence-electron chi connectivity index (χ1n) is 6.62. The largest absolute Gasteiger partial charge is 0.482 e. The van der Waals surface area contributed by atoms with E-state index < -0.39 is 0 Å². The lowest BCUT2D eigenvalue weighted by Gasteiger charge is -2.31. The summed E-state index contributed by atoms with van der Waals surface area (Å²) in [5.74, 6) is 0.436. The molecule has 0 unspecified atom stereocenters. The molecule has 1 heterocycles. The van der Waals surface area contributed by atoms with Gasteiger partial charge >= 0.3 is 0 Å². The fraction of sp³-hybridized carbons (Fsp3) is 0.500. The highest BCUT2D eigenvalue weighted by Gasteiger charge is 2.22. The number of rotatable bonds is 4. The SMILES string of the molecule is CN(C(=O)COc1ccc(Cl)cc1Cl)C1CCNCC1.Cl. The highest BCUT2D eigenvalue weighted by Crippen LogP contribution is 2.27. The molecule has 0 spiro atoms. The number of amides is 1. The number of halogens is 3. The summed E-state index contributed by atoms with van der Waals surface area (Å²) in [6, 6.07) is 5.24.